The lowest BCUT2D eigenvalue weighted by atomic mass is 10.2. The highest BCUT2D eigenvalue weighted by Crippen LogP contribution is 2.18. The molecule has 1 aromatic rings. The number of benzene rings is 1. The van der Waals surface area contributed by atoms with Gasteiger partial charge in [-0.2, -0.15) is 5.26 Å². The van der Waals surface area contributed by atoms with Crippen LogP contribution in [0.5, 0.6) is 5.75 Å². The van der Waals surface area contributed by atoms with Crippen molar-refractivity contribution >= 4 is 0 Å². The Morgan fingerprint density at radius 2 is 2.33 bits per heavy atom. The second-order valence-corrected chi connectivity index (χ2v) is 3.19. The first kappa shape index (κ1) is 11.5. The van der Waals surface area contributed by atoms with Gasteiger partial charge in [-0.05, 0) is 25.1 Å². The Balaban J connectivity index is 2.75. The molecule has 0 amide bonds. The van der Waals surface area contributed by atoms with E-state index < -0.39 is 0 Å². The van der Waals surface area contributed by atoms with Gasteiger partial charge >= 0.3 is 0 Å². The fraction of sp³-hybridized carbons (Fsp3) is 0.364. The van der Waals surface area contributed by atoms with E-state index in [2.05, 4.69) is 5.32 Å². The average molecular weight is 208 g/mol. The molecule has 0 saturated heterocycles. The van der Waals surface area contributed by atoms with Crippen LogP contribution >= 0.6 is 0 Å². The van der Waals surface area contributed by atoms with Gasteiger partial charge in [-0.25, -0.2) is 4.39 Å². The van der Waals surface area contributed by atoms with Crippen LogP contribution in [0, 0.1) is 17.1 Å². The molecule has 4 heteroatoms. The molecular weight excluding hydrogens is 195 g/mol. The number of nitrogens with zero attached hydrogens (tertiary/aromatic N) is 1. The van der Waals surface area contributed by atoms with Crippen molar-refractivity contribution in [3.8, 4) is 11.8 Å². The molecule has 0 aliphatic carbocycles. The Bertz CT molecular complexity index is 373. The molecule has 0 bridgehead atoms. The first-order chi connectivity index (χ1) is 7.17. The summed E-state index contributed by atoms with van der Waals surface area (Å²) in [5.41, 5.74) is 0.708. The van der Waals surface area contributed by atoms with Crippen LogP contribution in [-0.2, 0) is 6.54 Å². The first-order valence-corrected chi connectivity index (χ1v) is 4.62. The van der Waals surface area contributed by atoms with Crippen LogP contribution < -0.4 is 10.1 Å². The fourth-order valence-corrected chi connectivity index (χ4v) is 1.19. The third kappa shape index (κ3) is 3.22. The van der Waals surface area contributed by atoms with E-state index in [1.165, 1.54) is 19.2 Å². The average Bonchev–Trinajstić information content (AvgIpc) is 2.26. The number of rotatable bonds is 4. The second kappa shape index (κ2) is 5.32. The first-order valence-electron chi connectivity index (χ1n) is 4.62. The number of ether oxygens (including phenoxy) is 1. The predicted molar refractivity (Wildman–Crippen MR) is 54.9 cm³/mol. The van der Waals surface area contributed by atoms with Crippen LogP contribution in [0.15, 0.2) is 18.2 Å². The van der Waals surface area contributed by atoms with Crippen LogP contribution in [0.1, 0.15) is 12.5 Å². The van der Waals surface area contributed by atoms with E-state index in [-0.39, 0.29) is 11.9 Å². The molecule has 1 rings (SSSR count). The summed E-state index contributed by atoms with van der Waals surface area (Å²) in [6.45, 7) is 2.15. The number of nitrogens with one attached hydrogen (secondary N) is 1. The van der Waals surface area contributed by atoms with Gasteiger partial charge in [-0.15, -0.1) is 0 Å². The summed E-state index contributed by atoms with van der Waals surface area (Å²) in [5.74, 6) is 0.311. The van der Waals surface area contributed by atoms with Gasteiger partial charge in [0.15, 0.2) is 0 Å². The smallest absolute Gasteiger partial charge is 0.123 e. The summed E-state index contributed by atoms with van der Waals surface area (Å²) in [7, 11) is 1.53. The van der Waals surface area contributed by atoms with Gasteiger partial charge in [0.05, 0.1) is 19.2 Å². The standard InChI is InChI=1S/C11H13FN2O/c1-8(6-13)14-7-9-5-10(12)3-4-11(9)15-2/h3-5,8,14H,7H2,1-2H3. The maximum atomic E-state index is 12.9. The maximum Gasteiger partial charge on any atom is 0.123 e. The van der Waals surface area contributed by atoms with Crippen molar-refractivity contribution < 1.29 is 9.13 Å². The molecule has 1 unspecified atom stereocenters. The molecule has 0 heterocycles. The normalized spacial score (nSPS) is 11.9. The van der Waals surface area contributed by atoms with Gasteiger partial charge in [-0.3, -0.25) is 5.32 Å². The topological polar surface area (TPSA) is 45.0 Å². The van der Waals surface area contributed by atoms with Crippen molar-refractivity contribution in [1.82, 2.24) is 5.32 Å². The summed E-state index contributed by atoms with van der Waals surface area (Å²) < 4.78 is 18.0. The number of methoxy groups -OCH3 is 1. The SMILES string of the molecule is COc1ccc(F)cc1CNC(C)C#N. The monoisotopic (exact) mass is 208 g/mol. The molecule has 0 saturated carbocycles. The van der Waals surface area contributed by atoms with Crippen molar-refractivity contribution in [1.29, 1.82) is 5.26 Å². The summed E-state index contributed by atoms with van der Waals surface area (Å²) in [6.07, 6.45) is 0. The Kier molecular flexibility index (Phi) is 4.07. The maximum absolute atomic E-state index is 12.9. The van der Waals surface area contributed by atoms with Crippen molar-refractivity contribution in [2.24, 2.45) is 0 Å². The fourth-order valence-electron chi connectivity index (χ4n) is 1.19. The van der Waals surface area contributed by atoms with Gasteiger partial charge in [0.1, 0.15) is 11.6 Å². The van der Waals surface area contributed by atoms with Crippen molar-refractivity contribution in [3.05, 3.63) is 29.6 Å². The predicted octanol–water partition coefficient (Wildman–Crippen LogP) is 1.84. The quantitative estimate of drug-likeness (QED) is 0.821. The number of halogens is 1. The third-order valence-corrected chi connectivity index (χ3v) is 2.03. The van der Waals surface area contributed by atoms with E-state index in [4.69, 9.17) is 10.00 Å². The van der Waals surface area contributed by atoms with E-state index >= 15 is 0 Å². The van der Waals surface area contributed by atoms with Gasteiger partial charge in [-0.1, -0.05) is 0 Å². The summed E-state index contributed by atoms with van der Waals surface area (Å²) in [5, 5.41) is 11.5. The highest BCUT2D eigenvalue weighted by Gasteiger charge is 2.05. The Morgan fingerprint density at radius 1 is 1.60 bits per heavy atom. The van der Waals surface area contributed by atoms with E-state index in [0.717, 1.165) is 0 Å². The van der Waals surface area contributed by atoms with Gasteiger partial charge < -0.3 is 4.74 Å². The molecule has 0 radical (unpaired) electrons. The van der Waals surface area contributed by atoms with Crippen molar-refractivity contribution in [3.63, 3.8) is 0 Å². The molecule has 0 aromatic heterocycles. The van der Waals surface area contributed by atoms with Gasteiger partial charge in [0.2, 0.25) is 0 Å². The molecule has 1 atom stereocenters. The van der Waals surface area contributed by atoms with Gasteiger partial charge in [0.25, 0.3) is 0 Å². The highest BCUT2D eigenvalue weighted by atomic mass is 19.1. The highest BCUT2D eigenvalue weighted by molar-refractivity contribution is 5.33. The third-order valence-electron chi connectivity index (χ3n) is 2.03. The molecule has 0 fully saturated rings. The Labute approximate surface area is 88.5 Å². The lowest BCUT2D eigenvalue weighted by molar-refractivity contribution is 0.405. The number of hydrogen-bond donors (Lipinski definition) is 1. The zero-order chi connectivity index (χ0) is 11.3. The summed E-state index contributed by atoms with van der Waals surface area (Å²) in [6, 6.07) is 6.09. The van der Waals surface area contributed by atoms with Crippen LogP contribution in [0.4, 0.5) is 4.39 Å². The van der Waals surface area contributed by atoms with Crippen molar-refractivity contribution in [2.45, 2.75) is 19.5 Å². The Morgan fingerprint density at radius 3 is 2.93 bits per heavy atom. The molecular formula is C11H13FN2O. The zero-order valence-corrected chi connectivity index (χ0v) is 8.75. The lowest BCUT2D eigenvalue weighted by Crippen LogP contribution is -2.23. The van der Waals surface area contributed by atoms with E-state index in [1.807, 2.05) is 6.07 Å². The summed E-state index contributed by atoms with van der Waals surface area (Å²) in [4.78, 5) is 0. The van der Waals surface area contributed by atoms with E-state index in [1.54, 1.807) is 13.0 Å². The molecule has 1 N–H and O–H groups in total. The molecule has 1 aromatic carbocycles. The van der Waals surface area contributed by atoms with Crippen LogP contribution in [0.2, 0.25) is 0 Å². The number of hydrogen-bond acceptors (Lipinski definition) is 3. The minimum Gasteiger partial charge on any atom is -0.496 e. The van der Waals surface area contributed by atoms with Gasteiger partial charge in [0, 0.05) is 12.1 Å². The van der Waals surface area contributed by atoms with Crippen LogP contribution in [-0.4, -0.2) is 13.2 Å². The van der Waals surface area contributed by atoms with Crippen LogP contribution in [0.25, 0.3) is 0 Å². The minimum atomic E-state index is -0.308. The summed E-state index contributed by atoms with van der Waals surface area (Å²) >= 11 is 0. The Hall–Kier alpha value is -1.60. The molecule has 0 aliphatic rings. The molecule has 0 spiro atoms. The molecule has 3 nitrogen and oxygen atoms in total. The molecule has 15 heavy (non-hydrogen) atoms. The van der Waals surface area contributed by atoms with Crippen molar-refractivity contribution in [2.75, 3.05) is 7.11 Å². The zero-order valence-electron chi connectivity index (χ0n) is 8.75. The second-order valence-electron chi connectivity index (χ2n) is 3.19. The largest absolute Gasteiger partial charge is 0.496 e. The minimum absolute atomic E-state index is 0.266. The lowest BCUT2D eigenvalue weighted by Gasteiger charge is -2.10. The molecule has 0 aliphatic heterocycles. The number of nitriles is 1. The van der Waals surface area contributed by atoms with E-state index in [0.29, 0.717) is 17.9 Å². The molecule has 80 valence electrons. The van der Waals surface area contributed by atoms with Crippen LogP contribution in [0.3, 0.4) is 0 Å². The van der Waals surface area contributed by atoms with E-state index in [9.17, 15) is 4.39 Å².